The van der Waals surface area contributed by atoms with Crippen LogP contribution in [0.25, 0.3) is 0 Å². The van der Waals surface area contributed by atoms with E-state index in [0.717, 1.165) is 0 Å². The van der Waals surface area contributed by atoms with Crippen molar-refractivity contribution in [1.82, 2.24) is 4.90 Å². The number of non-ortho nitro benzene ring substituents is 1. The lowest BCUT2D eigenvalue weighted by atomic mass is 10.1. The second-order valence-electron chi connectivity index (χ2n) is 5.15. The van der Waals surface area contributed by atoms with E-state index in [2.05, 4.69) is 4.90 Å². The van der Waals surface area contributed by atoms with Crippen LogP contribution in [0.5, 0.6) is 0 Å². The van der Waals surface area contributed by atoms with Gasteiger partial charge in [-0.1, -0.05) is 12.1 Å². The highest BCUT2D eigenvalue weighted by Crippen LogP contribution is 2.16. The van der Waals surface area contributed by atoms with Crippen LogP contribution >= 0.6 is 0 Å². The normalized spacial score (nSPS) is 23.5. The number of ether oxygens (including phenoxy) is 1. The fourth-order valence-electron chi connectivity index (χ4n) is 2.26. The Morgan fingerprint density at radius 2 is 2.25 bits per heavy atom. The smallest absolute Gasteiger partial charge is 0.270 e. The first-order valence-corrected chi connectivity index (χ1v) is 6.60. The SMILES string of the molecule is CC1CN(CC(=O)c2cccc([N+](=O)[O-])c2)C(C)CO1. The molecular weight excluding hydrogens is 260 g/mol. The van der Waals surface area contributed by atoms with Crippen LogP contribution < -0.4 is 0 Å². The zero-order valence-corrected chi connectivity index (χ0v) is 11.6. The number of nitrogens with zero attached hydrogens (tertiary/aromatic N) is 2. The summed E-state index contributed by atoms with van der Waals surface area (Å²) in [6.07, 6.45) is 0.101. The molecule has 20 heavy (non-hydrogen) atoms. The van der Waals surface area contributed by atoms with E-state index in [1.165, 1.54) is 18.2 Å². The minimum Gasteiger partial charge on any atom is -0.376 e. The predicted octanol–water partition coefficient (Wildman–Crippen LogP) is 1.89. The number of carbonyl (C=O) groups excluding carboxylic acids is 1. The third-order valence-electron chi connectivity index (χ3n) is 3.46. The predicted molar refractivity (Wildman–Crippen MR) is 73.9 cm³/mol. The van der Waals surface area contributed by atoms with Crippen molar-refractivity contribution in [3.8, 4) is 0 Å². The average molecular weight is 278 g/mol. The number of hydrogen-bond donors (Lipinski definition) is 0. The third-order valence-corrected chi connectivity index (χ3v) is 3.46. The monoisotopic (exact) mass is 278 g/mol. The van der Waals surface area contributed by atoms with Gasteiger partial charge in [0.2, 0.25) is 0 Å². The van der Waals surface area contributed by atoms with Crippen LogP contribution in [0.3, 0.4) is 0 Å². The van der Waals surface area contributed by atoms with Crippen LogP contribution in [0, 0.1) is 10.1 Å². The van der Waals surface area contributed by atoms with Crippen LogP contribution in [0.1, 0.15) is 24.2 Å². The number of nitro benzene ring substituents is 1. The van der Waals surface area contributed by atoms with Crippen molar-refractivity contribution in [1.29, 1.82) is 0 Å². The van der Waals surface area contributed by atoms with Gasteiger partial charge in [-0.25, -0.2) is 0 Å². The van der Waals surface area contributed by atoms with E-state index in [4.69, 9.17) is 4.74 Å². The van der Waals surface area contributed by atoms with Gasteiger partial charge in [0.1, 0.15) is 0 Å². The molecule has 108 valence electrons. The van der Waals surface area contributed by atoms with Gasteiger partial charge >= 0.3 is 0 Å². The van der Waals surface area contributed by atoms with Gasteiger partial charge in [0, 0.05) is 30.3 Å². The fraction of sp³-hybridized carbons (Fsp3) is 0.500. The molecule has 2 atom stereocenters. The van der Waals surface area contributed by atoms with Gasteiger partial charge < -0.3 is 4.74 Å². The number of benzene rings is 1. The molecule has 6 nitrogen and oxygen atoms in total. The summed E-state index contributed by atoms with van der Waals surface area (Å²) in [4.78, 5) is 24.5. The van der Waals surface area contributed by atoms with Crippen molar-refractivity contribution in [3.05, 3.63) is 39.9 Å². The molecular formula is C14H18N2O4. The lowest BCUT2D eigenvalue weighted by Gasteiger charge is -2.36. The summed E-state index contributed by atoms with van der Waals surface area (Å²) in [5, 5.41) is 10.7. The second kappa shape index (κ2) is 6.11. The molecule has 0 bridgehead atoms. The molecule has 0 amide bonds. The van der Waals surface area contributed by atoms with Crippen molar-refractivity contribution in [3.63, 3.8) is 0 Å². The summed E-state index contributed by atoms with van der Waals surface area (Å²) in [5.41, 5.74) is 0.324. The molecule has 1 saturated heterocycles. The maximum atomic E-state index is 12.2. The van der Waals surface area contributed by atoms with Crippen molar-refractivity contribution in [2.75, 3.05) is 19.7 Å². The molecule has 1 fully saturated rings. The summed E-state index contributed by atoms with van der Waals surface area (Å²) in [5.74, 6) is -0.102. The van der Waals surface area contributed by atoms with Gasteiger partial charge in [0.25, 0.3) is 5.69 Å². The molecule has 0 saturated carbocycles. The lowest BCUT2D eigenvalue weighted by Crippen LogP contribution is -2.49. The Kier molecular flexibility index (Phi) is 4.46. The lowest BCUT2D eigenvalue weighted by molar-refractivity contribution is -0.384. The Bertz CT molecular complexity index is 518. The molecule has 0 radical (unpaired) electrons. The van der Waals surface area contributed by atoms with E-state index in [1.54, 1.807) is 6.07 Å². The highest BCUT2D eigenvalue weighted by molar-refractivity contribution is 5.98. The van der Waals surface area contributed by atoms with Gasteiger partial charge in [-0.2, -0.15) is 0 Å². The first-order chi connectivity index (χ1) is 9.47. The third kappa shape index (κ3) is 3.40. The van der Waals surface area contributed by atoms with Crippen LogP contribution in [-0.2, 0) is 4.74 Å². The number of nitro groups is 1. The molecule has 1 heterocycles. The molecule has 1 aliphatic rings. The molecule has 0 N–H and O–H groups in total. The Morgan fingerprint density at radius 3 is 2.95 bits per heavy atom. The molecule has 1 aliphatic heterocycles. The maximum Gasteiger partial charge on any atom is 0.270 e. The molecule has 2 unspecified atom stereocenters. The van der Waals surface area contributed by atoms with Crippen molar-refractivity contribution in [2.45, 2.75) is 26.0 Å². The highest BCUT2D eigenvalue weighted by Gasteiger charge is 2.25. The van der Waals surface area contributed by atoms with Crippen LogP contribution in [0.4, 0.5) is 5.69 Å². The molecule has 1 aromatic rings. The zero-order valence-electron chi connectivity index (χ0n) is 11.6. The van der Waals surface area contributed by atoms with E-state index < -0.39 is 4.92 Å². The Hall–Kier alpha value is -1.79. The number of rotatable bonds is 4. The Morgan fingerprint density at radius 1 is 1.50 bits per heavy atom. The number of carbonyl (C=O) groups is 1. The van der Waals surface area contributed by atoms with Crippen molar-refractivity contribution < 1.29 is 14.5 Å². The molecule has 0 spiro atoms. The van der Waals surface area contributed by atoms with Crippen molar-refractivity contribution >= 4 is 11.5 Å². The number of ketones is 1. The minimum absolute atomic E-state index is 0.0563. The van der Waals surface area contributed by atoms with E-state index in [-0.39, 0.29) is 30.2 Å². The van der Waals surface area contributed by atoms with Gasteiger partial charge in [0.05, 0.1) is 24.2 Å². The highest BCUT2D eigenvalue weighted by atomic mass is 16.6. The van der Waals surface area contributed by atoms with Gasteiger partial charge in [-0.3, -0.25) is 19.8 Å². The fourth-order valence-corrected chi connectivity index (χ4v) is 2.26. The van der Waals surface area contributed by atoms with Crippen LogP contribution in [0.15, 0.2) is 24.3 Å². The first kappa shape index (κ1) is 14.6. The van der Waals surface area contributed by atoms with Crippen molar-refractivity contribution in [2.24, 2.45) is 0 Å². The average Bonchev–Trinajstić information content (AvgIpc) is 2.43. The molecule has 0 aromatic heterocycles. The van der Waals surface area contributed by atoms with Crippen LogP contribution in [-0.4, -0.2) is 47.4 Å². The topological polar surface area (TPSA) is 72.7 Å². The van der Waals surface area contributed by atoms with E-state index in [1.807, 2.05) is 13.8 Å². The largest absolute Gasteiger partial charge is 0.376 e. The number of Topliss-reactive ketones (excluding diaryl/α,β-unsaturated/α-hetero) is 1. The second-order valence-corrected chi connectivity index (χ2v) is 5.15. The summed E-state index contributed by atoms with van der Waals surface area (Å²) in [6, 6.07) is 6.04. The quantitative estimate of drug-likeness (QED) is 0.477. The first-order valence-electron chi connectivity index (χ1n) is 6.60. The van der Waals surface area contributed by atoms with Gasteiger partial charge in [-0.05, 0) is 13.8 Å². The maximum absolute atomic E-state index is 12.2. The molecule has 0 aliphatic carbocycles. The molecule has 2 rings (SSSR count). The Labute approximate surface area is 117 Å². The summed E-state index contributed by atoms with van der Waals surface area (Å²) >= 11 is 0. The summed E-state index contributed by atoms with van der Waals surface area (Å²) < 4.78 is 5.52. The minimum atomic E-state index is -0.490. The summed E-state index contributed by atoms with van der Waals surface area (Å²) in [6.45, 7) is 5.53. The van der Waals surface area contributed by atoms with Gasteiger partial charge in [0.15, 0.2) is 5.78 Å². The molecule has 1 aromatic carbocycles. The zero-order chi connectivity index (χ0) is 14.7. The number of morpholine rings is 1. The van der Waals surface area contributed by atoms with E-state index in [9.17, 15) is 14.9 Å². The van der Waals surface area contributed by atoms with E-state index >= 15 is 0 Å². The van der Waals surface area contributed by atoms with E-state index in [0.29, 0.717) is 18.7 Å². The van der Waals surface area contributed by atoms with Crippen LogP contribution in [0.2, 0.25) is 0 Å². The number of hydrogen-bond acceptors (Lipinski definition) is 5. The summed E-state index contributed by atoms with van der Waals surface area (Å²) in [7, 11) is 0. The standard InChI is InChI=1S/C14H18N2O4/c1-10-9-20-11(2)7-15(10)8-14(17)12-4-3-5-13(6-12)16(18)19/h3-6,10-11H,7-9H2,1-2H3. The molecule has 6 heteroatoms. The van der Waals surface area contributed by atoms with Gasteiger partial charge in [-0.15, -0.1) is 0 Å². The Balaban J connectivity index is 2.07.